The summed E-state index contributed by atoms with van der Waals surface area (Å²) in [6.45, 7) is 0. The fourth-order valence-corrected chi connectivity index (χ4v) is 1.51. The van der Waals surface area contributed by atoms with Crippen molar-refractivity contribution in [3.63, 3.8) is 0 Å². The normalized spacial score (nSPS) is 11.4. The summed E-state index contributed by atoms with van der Waals surface area (Å²) < 4.78 is 37.2. The Labute approximate surface area is 116 Å². The molecule has 0 aromatic carbocycles. The highest BCUT2D eigenvalue weighted by molar-refractivity contribution is 6.30. The van der Waals surface area contributed by atoms with Crippen LogP contribution in [0.25, 0.3) is 17.5 Å². The van der Waals surface area contributed by atoms with Crippen molar-refractivity contribution in [2.24, 2.45) is 0 Å². The predicted molar refractivity (Wildman–Crippen MR) is 69.6 cm³/mol. The molecule has 0 aliphatic heterocycles. The molecule has 0 spiro atoms. The smallest absolute Gasteiger partial charge is 0.279 e. The Hall–Kier alpha value is -2.15. The van der Waals surface area contributed by atoms with E-state index in [0.717, 1.165) is 12.3 Å². The first-order valence-corrected chi connectivity index (χ1v) is 5.76. The fraction of sp³-hybridized carbons (Fsp3) is 0.0833. The largest absolute Gasteiger partial charge is 0.337 e. The van der Waals surface area contributed by atoms with Crippen molar-refractivity contribution >= 4 is 23.4 Å². The molecule has 2 N–H and O–H groups in total. The molecule has 2 heterocycles. The Morgan fingerprint density at radius 1 is 1.35 bits per heavy atom. The van der Waals surface area contributed by atoms with Crippen LogP contribution in [-0.4, -0.2) is 27.1 Å². The summed E-state index contributed by atoms with van der Waals surface area (Å²) in [5, 5.41) is 6.88. The van der Waals surface area contributed by atoms with E-state index in [2.05, 4.69) is 15.0 Å². The average Bonchev–Trinajstić information content (AvgIpc) is 2.87. The van der Waals surface area contributed by atoms with E-state index in [9.17, 15) is 13.2 Å². The number of rotatable bonds is 4. The van der Waals surface area contributed by atoms with Gasteiger partial charge in [0.15, 0.2) is 5.82 Å². The maximum Gasteiger partial charge on any atom is 0.279 e. The van der Waals surface area contributed by atoms with Crippen molar-refractivity contribution in [1.82, 2.24) is 15.0 Å². The van der Waals surface area contributed by atoms with Gasteiger partial charge >= 0.3 is 0 Å². The van der Waals surface area contributed by atoms with Gasteiger partial charge in [-0.15, -0.1) is 0 Å². The summed E-state index contributed by atoms with van der Waals surface area (Å²) in [4.78, 5) is 10.5. The van der Waals surface area contributed by atoms with Crippen molar-refractivity contribution in [1.29, 1.82) is 5.41 Å². The number of nitrogens with one attached hydrogen (secondary N) is 2. The fourth-order valence-electron chi connectivity index (χ4n) is 1.35. The van der Waals surface area contributed by atoms with Gasteiger partial charge in [0.1, 0.15) is 5.82 Å². The zero-order valence-corrected chi connectivity index (χ0v) is 10.6. The van der Waals surface area contributed by atoms with Gasteiger partial charge in [0.05, 0.1) is 34.5 Å². The molecule has 20 heavy (non-hydrogen) atoms. The van der Waals surface area contributed by atoms with Crippen molar-refractivity contribution in [3.05, 3.63) is 41.2 Å². The average molecular weight is 301 g/mol. The van der Waals surface area contributed by atoms with E-state index in [1.807, 2.05) is 0 Å². The Morgan fingerprint density at radius 3 is 2.75 bits per heavy atom. The molecule has 0 aliphatic rings. The second-order valence-corrected chi connectivity index (χ2v) is 4.16. The number of halogens is 4. The maximum absolute atomic E-state index is 13.0. The van der Waals surface area contributed by atoms with E-state index in [4.69, 9.17) is 17.0 Å². The third kappa shape index (κ3) is 3.24. The van der Waals surface area contributed by atoms with Crippen LogP contribution in [0.15, 0.2) is 24.5 Å². The van der Waals surface area contributed by atoms with Gasteiger partial charge in [-0.25, -0.2) is 18.2 Å². The van der Waals surface area contributed by atoms with Gasteiger partial charge in [0.2, 0.25) is 0 Å². The number of nitrogens with zero attached hydrogens (tertiary/aromatic N) is 2. The molecule has 0 unspecified atom stereocenters. The number of H-pyrrole nitrogens is 1. The number of hydrogen-bond donors (Lipinski definition) is 2. The summed E-state index contributed by atoms with van der Waals surface area (Å²) >= 11 is 5.63. The highest BCUT2D eigenvalue weighted by Crippen LogP contribution is 2.21. The third-order valence-electron chi connectivity index (χ3n) is 2.34. The molecular formula is C12H8ClF3N4. The quantitative estimate of drug-likeness (QED) is 0.848. The molecule has 4 nitrogen and oxygen atoms in total. The first-order chi connectivity index (χ1) is 9.47. The minimum absolute atomic E-state index is 0.0822. The van der Waals surface area contributed by atoms with Crippen LogP contribution in [0, 0.1) is 11.2 Å². The number of imidazole rings is 1. The number of hydrogen-bond acceptors (Lipinski definition) is 3. The van der Waals surface area contributed by atoms with Crippen molar-refractivity contribution in [3.8, 4) is 11.4 Å². The van der Waals surface area contributed by atoms with E-state index in [1.165, 1.54) is 18.3 Å². The molecule has 0 bridgehead atoms. The molecule has 2 aromatic rings. The molecule has 0 amide bonds. The van der Waals surface area contributed by atoms with Crippen LogP contribution in [0.3, 0.4) is 0 Å². The predicted octanol–water partition coefficient (Wildman–Crippen LogP) is 3.56. The first kappa shape index (κ1) is 14.3. The van der Waals surface area contributed by atoms with Crippen LogP contribution in [0.4, 0.5) is 13.2 Å². The second-order valence-electron chi connectivity index (χ2n) is 3.76. The lowest BCUT2D eigenvalue weighted by Gasteiger charge is -1.98. The second kappa shape index (κ2) is 5.87. The van der Waals surface area contributed by atoms with Crippen LogP contribution in [0.1, 0.15) is 5.82 Å². The molecule has 0 saturated heterocycles. The zero-order chi connectivity index (χ0) is 14.7. The molecule has 0 atom stereocenters. The zero-order valence-electron chi connectivity index (χ0n) is 9.87. The van der Waals surface area contributed by atoms with Crippen LogP contribution >= 0.6 is 11.6 Å². The van der Waals surface area contributed by atoms with Gasteiger partial charge in [-0.1, -0.05) is 11.6 Å². The molecule has 104 valence electrons. The summed E-state index contributed by atoms with van der Waals surface area (Å²) in [6.07, 6.45) is 1.72. The van der Waals surface area contributed by atoms with Crippen molar-refractivity contribution in [2.75, 3.05) is 0 Å². The molecule has 8 heteroatoms. The van der Waals surface area contributed by atoms with E-state index >= 15 is 0 Å². The van der Waals surface area contributed by atoms with Crippen LogP contribution in [0.2, 0.25) is 5.02 Å². The maximum atomic E-state index is 13.0. The topological polar surface area (TPSA) is 65.4 Å². The number of alkyl halides is 2. The van der Waals surface area contributed by atoms with E-state index < -0.39 is 18.0 Å². The first-order valence-electron chi connectivity index (χ1n) is 5.38. The molecule has 2 aromatic heterocycles. The highest BCUT2D eigenvalue weighted by atomic mass is 35.5. The van der Waals surface area contributed by atoms with Gasteiger partial charge in [0, 0.05) is 0 Å². The Balaban J connectivity index is 2.20. The van der Waals surface area contributed by atoms with E-state index in [0.29, 0.717) is 11.4 Å². The van der Waals surface area contributed by atoms with Gasteiger partial charge in [-0.2, -0.15) is 0 Å². The number of aromatic nitrogens is 3. The summed E-state index contributed by atoms with van der Waals surface area (Å²) in [6, 6.07) is 1.32. The lowest BCUT2D eigenvalue weighted by Crippen LogP contribution is -2.03. The van der Waals surface area contributed by atoms with Crippen LogP contribution in [-0.2, 0) is 0 Å². The van der Waals surface area contributed by atoms with Gasteiger partial charge in [-0.3, -0.25) is 10.4 Å². The molecule has 0 radical (unpaired) electrons. The minimum atomic E-state index is -2.83. The number of aromatic amines is 1. The summed E-state index contributed by atoms with van der Waals surface area (Å²) in [5.41, 5.74) is 0.00788. The van der Waals surface area contributed by atoms with Crippen molar-refractivity contribution in [2.45, 2.75) is 6.43 Å². The Kier molecular flexibility index (Phi) is 4.19. The molecule has 0 fully saturated rings. The molecule has 0 aliphatic carbocycles. The monoisotopic (exact) mass is 300 g/mol. The lowest BCUT2D eigenvalue weighted by atomic mass is 10.3. The highest BCUT2D eigenvalue weighted by Gasteiger charge is 2.08. The SMILES string of the molecule is N=C(/C=C\c1ncc(-c2cc(Cl)c(F)cn2)[nH]1)C(F)F. The molecule has 0 saturated carbocycles. The van der Waals surface area contributed by atoms with Crippen LogP contribution in [0.5, 0.6) is 0 Å². The number of allylic oxidation sites excluding steroid dienone is 1. The Morgan fingerprint density at radius 2 is 2.10 bits per heavy atom. The Bertz CT molecular complexity index is 666. The summed E-state index contributed by atoms with van der Waals surface area (Å²) in [7, 11) is 0. The third-order valence-corrected chi connectivity index (χ3v) is 2.63. The molecular weight excluding hydrogens is 293 g/mol. The van der Waals surface area contributed by atoms with Crippen molar-refractivity contribution < 1.29 is 13.2 Å². The van der Waals surface area contributed by atoms with Gasteiger partial charge in [0.25, 0.3) is 6.43 Å². The van der Waals surface area contributed by atoms with E-state index in [1.54, 1.807) is 0 Å². The van der Waals surface area contributed by atoms with Gasteiger partial charge < -0.3 is 4.98 Å². The minimum Gasteiger partial charge on any atom is -0.337 e. The summed E-state index contributed by atoms with van der Waals surface area (Å²) in [5.74, 6) is -0.368. The van der Waals surface area contributed by atoms with Crippen LogP contribution < -0.4 is 0 Å². The standard InChI is InChI=1S/C12H8ClF3N4/c13-6-3-9(18-4-7(6)14)10-5-19-11(20-10)2-1-8(17)12(15)16/h1-5,12,17H,(H,19,20)/b2-1-,17-8?. The van der Waals surface area contributed by atoms with Gasteiger partial charge in [-0.05, 0) is 18.2 Å². The lowest BCUT2D eigenvalue weighted by molar-refractivity contribution is 0.226. The molecule has 2 rings (SSSR count). The number of pyridine rings is 1. The van der Waals surface area contributed by atoms with E-state index in [-0.39, 0.29) is 10.8 Å².